The van der Waals surface area contributed by atoms with E-state index in [2.05, 4.69) is 19.2 Å². The Morgan fingerprint density at radius 3 is 2.80 bits per heavy atom. The normalized spacial score (nSPS) is 23.0. The van der Waals surface area contributed by atoms with Crippen LogP contribution in [0.15, 0.2) is 0 Å². The van der Waals surface area contributed by atoms with Crippen LogP contribution in [0.25, 0.3) is 0 Å². The average molecular weight is 214 g/mol. The molecule has 3 nitrogen and oxygen atoms in total. The van der Waals surface area contributed by atoms with Crippen LogP contribution in [-0.2, 0) is 4.74 Å². The molecule has 0 radical (unpaired) electrons. The van der Waals surface area contributed by atoms with E-state index in [0.29, 0.717) is 6.10 Å². The van der Waals surface area contributed by atoms with Crippen LogP contribution < -0.4 is 11.1 Å². The lowest BCUT2D eigenvalue weighted by Crippen LogP contribution is -2.35. The van der Waals surface area contributed by atoms with Gasteiger partial charge in [-0.1, -0.05) is 0 Å². The third-order valence-electron chi connectivity index (χ3n) is 2.82. The van der Waals surface area contributed by atoms with Crippen molar-refractivity contribution in [2.45, 2.75) is 57.6 Å². The van der Waals surface area contributed by atoms with Crippen LogP contribution >= 0.6 is 0 Å². The first kappa shape index (κ1) is 12.9. The summed E-state index contributed by atoms with van der Waals surface area (Å²) in [5.74, 6) is 0. The molecule has 0 saturated carbocycles. The number of rotatable bonds is 6. The fourth-order valence-corrected chi connectivity index (χ4v) is 1.90. The minimum atomic E-state index is -0.0248. The van der Waals surface area contributed by atoms with Crippen molar-refractivity contribution in [3.8, 4) is 0 Å². The van der Waals surface area contributed by atoms with Gasteiger partial charge in [0.1, 0.15) is 0 Å². The number of hydrogen-bond acceptors (Lipinski definition) is 3. The predicted molar refractivity (Wildman–Crippen MR) is 64.0 cm³/mol. The van der Waals surface area contributed by atoms with Crippen LogP contribution in [0.2, 0.25) is 0 Å². The van der Waals surface area contributed by atoms with Crippen molar-refractivity contribution in [2.75, 3.05) is 19.7 Å². The van der Waals surface area contributed by atoms with Crippen molar-refractivity contribution in [3.05, 3.63) is 0 Å². The Bertz CT molecular complexity index is 159. The maximum absolute atomic E-state index is 5.91. The molecule has 0 aliphatic carbocycles. The van der Waals surface area contributed by atoms with Crippen LogP contribution in [-0.4, -0.2) is 31.3 Å². The molecule has 0 spiro atoms. The zero-order chi connectivity index (χ0) is 11.1. The Hall–Kier alpha value is -0.120. The first-order valence-corrected chi connectivity index (χ1v) is 6.19. The van der Waals surface area contributed by atoms with Crippen LogP contribution in [0.4, 0.5) is 0 Å². The molecule has 0 aromatic heterocycles. The molecule has 90 valence electrons. The van der Waals surface area contributed by atoms with E-state index in [-0.39, 0.29) is 5.54 Å². The van der Waals surface area contributed by atoms with Gasteiger partial charge >= 0.3 is 0 Å². The summed E-state index contributed by atoms with van der Waals surface area (Å²) in [6.07, 6.45) is 6.45. The minimum absolute atomic E-state index is 0.0248. The van der Waals surface area contributed by atoms with E-state index < -0.39 is 0 Å². The highest BCUT2D eigenvalue weighted by Gasteiger charge is 2.13. The number of hydrogen-bond donors (Lipinski definition) is 2. The summed E-state index contributed by atoms with van der Waals surface area (Å²) in [5.41, 5.74) is 5.88. The summed E-state index contributed by atoms with van der Waals surface area (Å²) < 4.78 is 5.64. The third-order valence-corrected chi connectivity index (χ3v) is 2.82. The first-order valence-electron chi connectivity index (χ1n) is 6.19. The summed E-state index contributed by atoms with van der Waals surface area (Å²) in [7, 11) is 0. The average Bonchev–Trinajstić information content (AvgIpc) is 2.17. The highest BCUT2D eigenvalue weighted by Crippen LogP contribution is 2.11. The fraction of sp³-hybridized carbons (Fsp3) is 1.00. The van der Waals surface area contributed by atoms with Gasteiger partial charge in [-0.05, 0) is 52.5 Å². The number of ether oxygens (including phenoxy) is 1. The summed E-state index contributed by atoms with van der Waals surface area (Å²) >= 11 is 0. The zero-order valence-corrected chi connectivity index (χ0v) is 10.2. The van der Waals surface area contributed by atoms with E-state index in [0.717, 1.165) is 32.5 Å². The molecule has 15 heavy (non-hydrogen) atoms. The maximum Gasteiger partial charge on any atom is 0.0699 e. The SMILES string of the molecule is CC(C)(N)CCCNCC1CCCCO1. The Kier molecular flexibility index (Phi) is 5.58. The monoisotopic (exact) mass is 214 g/mol. The van der Waals surface area contributed by atoms with Gasteiger partial charge in [0.2, 0.25) is 0 Å². The van der Waals surface area contributed by atoms with E-state index in [1.165, 1.54) is 19.3 Å². The largest absolute Gasteiger partial charge is 0.377 e. The lowest BCUT2D eigenvalue weighted by Gasteiger charge is -2.23. The highest BCUT2D eigenvalue weighted by atomic mass is 16.5. The summed E-state index contributed by atoms with van der Waals surface area (Å²) in [5, 5.41) is 3.45. The van der Waals surface area contributed by atoms with E-state index in [1.54, 1.807) is 0 Å². The molecular weight excluding hydrogens is 188 g/mol. The van der Waals surface area contributed by atoms with Crippen LogP contribution in [0, 0.1) is 0 Å². The lowest BCUT2D eigenvalue weighted by atomic mass is 10.0. The smallest absolute Gasteiger partial charge is 0.0699 e. The van der Waals surface area contributed by atoms with Gasteiger partial charge in [0.05, 0.1) is 6.10 Å². The van der Waals surface area contributed by atoms with E-state index in [9.17, 15) is 0 Å². The second-order valence-corrected chi connectivity index (χ2v) is 5.28. The van der Waals surface area contributed by atoms with Crippen molar-refractivity contribution in [2.24, 2.45) is 5.73 Å². The molecule has 0 aromatic carbocycles. The highest BCUT2D eigenvalue weighted by molar-refractivity contribution is 4.72. The first-order chi connectivity index (χ1) is 7.08. The van der Waals surface area contributed by atoms with Crippen molar-refractivity contribution >= 4 is 0 Å². The molecule has 1 aliphatic rings. The van der Waals surface area contributed by atoms with Gasteiger partial charge < -0.3 is 15.8 Å². The molecule has 0 bridgehead atoms. The van der Waals surface area contributed by atoms with Gasteiger partial charge in [-0.15, -0.1) is 0 Å². The van der Waals surface area contributed by atoms with E-state index in [4.69, 9.17) is 10.5 Å². The number of nitrogens with two attached hydrogens (primary N) is 1. The second-order valence-electron chi connectivity index (χ2n) is 5.28. The Balaban J connectivity index is 1.92. The van der Waals surface area contributed by atoms with Gasteiger partial charge in [-0.3, -0.25) is 0 Å². The van der Waals surface area contributed by atoms with Crippen LogP contribution in [0.5, 0.6) is 0 Å². The lowest BCUT2D eigenvalue weighted by molar-refractivity contribution is 0.0170. The molecule has 3 N–H and O–H groups in total. The molecule has 1 fully saturated rings. The molecule has 3 heteroatoms. The molecule has 1 saturated heterocycles. The van der Waals surface area contributed by atoms with Crippen LogP contribution in [0.1, 0.15) is 46.0 Å². The van der Waals surface area contributed by atoms with Crippen molar-refractivity contribution < 1.29 is 4.74 Å². The van der Waals surface area contributed by atoms with Gasteiger partial charge in [0, 0.05) is 18.7 Å². The van der Waals surface area contributed by atoms with E-state index >= 15 is 0 Å². The fourth-order valence-electron chi connectivity index (χ4n) is 1.90. The molecule has 1 unspecified atom stereocenters. The predicted octanol–water partition coefficient (Wildman–Crippen LogP) is 1.66. The summed E-state index contributed by atoms with van der Waals surface area (Å²) in [6.45, 7) is 7.17. The molecule has 0 aromatic rings. The minimum Gasteiger partial charge on any atom is -0.377 e. The maximum atomic E-state index is 5.91. The van der Waals surface area contributed by atoms with Gasteiger partial charge in [0.15, 0.2) is 0 Å². The summed E-state index contributed by atoms with van der Waals surface area (Å²) in [6, 6.07) is 0. The third kappa shape index (κ3) is 6.88. The Morgan fingerprint density at radius 2 is 2.20 bits per heavy atom. The van der Waals surface area contributed by atoms with Gasteiger partial charge in [0.25, 0.3) is 0 Å². The standard InChI is InChI=1S/C12H26N2O/c1-12(2,13)7-5-8-14-10-11-6-3-4-9-15-11/h11,14H,3-10,13H2,1-2H3. The quantitative estimate of drug-likeness (QED) is 0.661. The molecule has 1 aliphatic heterocycles. The molecule has 1 heterocycles. The van der Waals surface area contributed by atoms with Crippen LogP contribution in [0.3, 0.4) is 0 Å². The molecular formula is C12H26N2O. The van der Waals surface area contributed by atoms with Crippen molar-refractivity contribution in [3.63, 3.8) is 0 Å². The zero-order valence-electron chi connectivity index (χ0n) is 10.2. The topological polar surface area (TPSA) is 47.3 Å². The molecule has 1 rings (SSSR count). The van der Waals surface area contributed by atoms with Gasteiger partial charge in [-0.25, -0.2) is 0 Å². The number of nitrogens with one attached hydrogen (secondary N) is 1. The van der Waals surface area contributed by atoms with Crippen molar-refractivity contribution in [1.29, 1.82) is 0 Å². The molecule has 0 amide bonds. The van der Waals surface area contributed by atoms with Gasteiger partial charge in [-0.2, -0.15) is 0 Å². The Morgan fingerprint density at radius 1 is 1.40 bits per heavy atom. The van der Waals surface area contributed by atoms with E-state index in [1.807, 2.05) is 0 Å². The summed E-state index contributed by atoms with van der Waals surface area (Å²) in [4.78, 5) is 0. The second kappa shape index (κ2) is 6.46. The van der Waals surface area contributed by atoms with Crippen molar-refractivity contribution in [1.82, 2.24) is 5.32 Å². The Labute approximate surface area is 93.8 Å². The molecule has 1 atom stereocenters.